The van der Waals surface area contributed by atoms with E-state index in [1.165, 1.54) is 11.1 Å². The minimum Gasteiger partial charge on any atom is -0.495 e. The van der Waals surface area contributed by atoms with Crippen LogP contribution in [0.2, 0.25) is 0 Å². The number of carbonyl (C=O) groups is 1. The number of rotatable bonds is 5. The predicted octanol–water partition coefficient (Wildman–Crippen LogP) is 4.92. The third-order valence-corrected chi connectivity index (χ3v) is 6.01. The summed E-state index contributed by atoms with van der Waals surface area (Å²) < 4.78 is 7.76. The molecule has 1 fully saturated rings. The summed E-state index contributed by atoms with van der Waals surface area (Å²) in [5, 5.41) is 0. The number of anilines is 1. The molecule has 0 saturated carbocycles. The van der Waals surface area contributed by atoms with E-state index in [0.29, 0.717) is 18.7 Å². The van der Waals surface area contributed by atoms with Gasteiger partial charge in [0, 0.05) is 25.4 Å². The number of methoxy groups -OCH3 is 1. The van der Waals surface area contributed by atoms with Crippen LogP contribution < -0.4 is 9.64 Å². The number of nitrogens with zero attached hydrogens (tertiary/aromatic N) is 3. The maximum Gasteiger partial charge on any atom is 0.227 e. The van der Waals surface area contributed by atoms with Crippen molar-refractivity contribution in [3.8, 4) is 5.75 Å². The van der Waals surface area contributed by atoms with Crippen LogP contribution in [-0.4, -0.2) is 29.1 Å². The molecule has 1 aliphatic heterocycles. The van der Waals surface area contributed by atoms with E-state index in [1.807, 2.05) is 47.4 Å². The molecule has 0 N–H and O–H groups in total. The molecule has 5 nitrogen and oxygen atoms in total. The van der Waals surface area contributed by atoms with Crippen molar-refractivity contribution in [3.63, 3.8) is 0 Å². The average Bonchev–Trinajstić information content (AvgIpc) is 3.36. The van der Waals surface area contributed by atoms with Gasteiger partial charge in [0.1, 0.15) is 11.6 Å². The van der Waals surface area contributed by atoms with Crippen LogP contribution >= 0.6 is 0 Å². The first-order valence-corrected chi connectivity index (χ1v) is 10.6. The highest BCUT2D eigenvalue weighted by molar-refractivity contribution is 5.97. The van der Waals surface area contributed by atoms with Crippen molar-refractivity contribution in [2.24, 2.45) is 0 Å². The number of ether oxygens (including phenoxy) is 1. The third kappa shape index (κ3) is 3.56. The van der Waals surface area contributed by atoms with Crippen LogP contribution in [0.3, 0.4) is 0 Å². The topological polar surface area (TPSA) is 47.4 Å². The first kappa shape index (κ1) is 19.4. The first-order chi connectivity index (χ1) is 15.1. The maximum atomic E-state index is 13.0. The molecular formula is C26H25N3O2. The molecule has 3 aromatic carbocycles. The highest BCUT2D eigenvalue weighted by Gasteiger charge is 2.35. The Hall–Kier alpha value is -3.60. The Kier molecular flexibility index (Phi) is 4.94. The standard InChI is InChI=1S/C26H25N3O2/c1-18-11-13-19(14-12-18)16-29-22-8-4-3-7-21(22)27-26(29)20-15-25(30)28(17-20)23-9-5-6-10-24(23)31-2/h3-14,20H,15-17H2,1-2H3/t20-/m1/s1. The Bertz CT molecular complexity index is 1240. The zero-order chi connectivity index (χ0) is 21.4. The SMILES string of the molecule is COc1ccccc1N1C[C@H](c2nc3ccccc3n2Cc2ccc(C)cc2)CC1=O. The molecule has 1 aromatic heterocycles. The van der Waals surface area contributed by atoms with Crippen molar-refractivity contribution >= 4 is 22.6 Å². The molecule has 1 aliphatic rings. The Morgan fingerprint density at radius 3 is 2.55 bits per heavy atom. The Morgan fingerprint density at radius 2 is 1.74 bits per heavy atom. The highest BCUT2D eigenvalue weighted by Crippen LogP contribution is 2.37. The number of fused-ring (bicyclic) bond motifs is 1. The number of benzene rings is 3. The lowest BCUT2D eigenvalue weighted by Crippen LogP contribution is -2.25. The zero-order valence-electron chi connectivity index (χ0n) is 17.8. The van der Waals surface area contributed by atoms with E-state index in [1.54, 1.807) is 7.11 Å². The molecule has 1 atom stereocenters. The van der Waals surface area contributed by atoms with Crippen molar-refractivity contribution in [2.75, 3.05) is 18.6 Å². The van der Waals surface area contributed by atoms with Crippen molar-refractivity contribution < 1.29 is 9.53 Å². The maximum absolute atomic E-state index is 13.0. The number of imidazole rings is 1. The number of amides is 1. The monoisotopic (exact) mass is 411 g/mol. The molecule has 0 bridgehead atoms. The van der Waals surface area contributed by atoms with Gasteiger partial charge in [-0.3, -0.25) is 4.79 Å². The minimum atomic E-state index is 0.0234. The van der Waals surface area contributed by atoms with Crippen molar-refractivity contribution in [2.45, 2.75) is 25.8 Å². The van der Waals surface area contributed by atoms with Crippen LogP contribution in [0, 0.1) is 6.92 Å². The molecule has 1 saturated heterocycles. The lowest BCUT2D eigenvalue weighted by molar-refractivity contribution is -0.117. The number of aromatic nitrogens is 2. The fourth-order valence-electron chi connectivity index (χ4n) is 4.41. The lowest BCUT2D eigenvalue weighted by Gasteiger charge is -2.20. The summed E-state index contributed by atoms with van der Waals surface area (Å²) >= 11 is 0. The summed E-state index contributed by atoms with van der Waals surface area (Å²) in [6.07, 6.45) is 0.440. The second kappa shape index (κ2) is 7.91. The van der Waals surface area contributed by atoms with E-state index < -0.39 is 0 Å². The quantitative estimate of drug-likeness (QED) is 0.468. The molecule has 5 heteroatoms. The van der Waals surface area contributed by atoms with E-state index in [0.717, 1.165) is 29.1 Å². The fraction of sp³-hybridized carbons (Fsp3) is 0.231. The van der Waals surface area contributed by atoms with E-state index in [9.17, 15) is 4.79 Å². The number of carbonyl (C=O) groups excluding carboxylic acids is 1. The van der Waals surface area contributed by atoms with Gasteiger partial charge in [0.2, 0.25) is 5.91 Å². The van der Waals surface area contributed by atoms with Gasteiger partial charge in [-0.25, -0.2) is 4.98 Å². The largest absolute Gasteiger partial charge is 0.495 e. The molecule has 31 heavy (non-hydrogen) atoms. The van der Waals surface area contributed by atoms with Gasteiger partial charge >= 0.3 is 0 Å². The van der Waals surface area contributed by atoms with Crippen molar-refractivity contribution in [3.05, 3.63) is 89.7 Å². The molecule has 156 valence electrons. The number of para-hydroxylation sites is 4. The zero-order valence-corrected chi connectivity index (χ0v) is 17.8. The summed E-state index contributed by atoms with van der Waals surface area (Å²) in [5.74, 6) is 1.80. The normalized spacial score (nSPS) is 16.3. The first-order valence-electron chi connectivity index (χ1n) is 10.6. The molecule has 5 rings (SSSR count). The molecule has 0 unspecified atom stereocenters. The third-order valence-electron chi connectivity index (χ3n) is 6.01. The van der Waals surface area contributed by atoms with Crippen molar-refractivity contribution in [1.82, 2.24) is 9.55 Å². The fourth-order valence-corrected chi connectivity index (χ4v) is 4.41. The van der Waals surface area contributed by atoms with Gasteiger partial charge in [0.15, 0.2) is 0 Å². The summed E-state index contributed by atoms with van der Waals surface area (Å²) in [7, 11) is 1.64. The molecule has 0 radical (unpaired) electrons. The van der Waals surface area contributed by atoms with Gasteiger partial charge in [-0.15, -0.1) is 0 Å². The van der Waals surface area contributed by atoms with E-state index in [-0.39, 0.29) is 11.8 Å². The van der Waals surface area contributed by atoms with Crippen LogP contribution in [0.4, 0.5) is 5.69 Å². The Balaban J connectivity index is 1.53. The van der Waals surface area contributed by atoms with Crippen LogP contribution in [0.1, 0.15) is 29.3 Å². The van der Waals surface area contributed by atoms with E-state index in [4.69, 9.17) is 9.72 Å². The van der Waals surface area contributed by atoms with Gasteiger partial charge < -0.3 is 14.2 Å². The van der Waals surface area contributed by atoms with E-state index in [2.05, 4.69) is 41.8 Å². The van der Waals surface area contributed by atoms with E-state index >= 15 is 0 Å². The number of aryl methyl sites for hydroxylation is 1. The molecule has 1 amide bonds. The number of hydrogen-bond acceptors (Lipinski definition) is 3. The molecular weight excluding hydrogens is 386 g/mol. The smallest absolute Gasteiger partial charge is 0.227 e. The highest BCUT2D eigenvalue weighted by atomic mass is 16.5. The minimum absolute atomic E-state index is 0.0234. The second-order valence-electron chi connectivity index (χ2n) is 8.11. The van der Waals surface area contributed by atoms with Gasteiger partial charge in [-0.05, 0) is 36.8 Å². The van der Waals surface area contributed by atoms with Gasteiger partial charge in [-0.1, -0.05) is 54.1 Å². The molecule has 2 heterocycles. The van der Waals surface area contributed by atoms with Gasteiger partial charge in [-0.2, -0.15) is 0 Å². The van der Waals surface area contributed by atoms with Crippen molar-refractivity contribution in [1.29, 1.82) is 0 Å². The van der Waals surface area contributed by atoms with Gasteiger partial charge in [0.05, 0.1) is 23.8 Å². The molecule has 0 spiro atoms. The Labute approximate surface area is 181 Å². The summed E-state index contributed by atoms with van der Waals surface area (Å²) in [6, 6.07) is 24.5. The number of hydrogen-bond donors (Lipinski definition) is 0. The van der Waals surface area contributed by atoms with Crippen LogP contribution in [0.25, 0.3) is 11.0 Å². The molecule has 4 aromatic rings. The van der Waals surface area contributed by atoms with Crippen LogP contribution in [0.15, 0.2) is 72.8 Å². The molecule has 0 aliphatic carbocycles. The lowest BCUT2D eigenvalue weighted by atomic mass is 10.1. The van der Waals surface area contributed by atoms with Crippen LogP contribution in [-0.2, 0) is 11.3 Å². The second-order valence-corrected chi connectivity index (χ2v) is 8.11. The van der Waals surface area contributed by atoms with Crippen LogP contribution in [0.5, 0.6) is 5.75 Å². The summed E-state index contributed by atoms with van der Waals surface area (Å²) in [6.45, 7) is 3.42. The predicted molar refractivity (Wildman–Crippen MR) is 123 cm³/mol. The summed E-state index contributed by atoms with van der Waals surface area (Å²) in [5.41, 5.74) is 5.35. The van der Waals surface area contributed by atoms with Gasteiger partial charge in [0.25, 0.3) is 0 Å². The summed E-state index contributed by atoms with van der Waals surface area (Å²) in [4.78, 5) is 19.8. The Morgan fingerprint density at radius 1 is 1.00 bits per heavy atom. The average molecular weight is 412 g/mol.